The molecule has 1 fully saturated rings. The number of carbonyl (C=O) groups excluding carboxylic acids is 2. The van der Waals surface area contributed by atoms with Crippen LogP contribution in [0.15, 0.2) is 54.7 Å². The summed E-state index contributed by atoms with van der Waals surface area (Å²) < 4.78 is 4.79. The first-order chi connectivity index (χ1) is 11.2. The topological polar surface area (TPSA) is 59.5 Å². The van der Waals surface area contributed by atoms with Crippen LogP contribution in [-0.2, 0) is 14.3 Å². The zero-order chi connectivity index (χ0) is 16.2. The van der Waals surface area contributed by atoms with Crippen molar-refractivity contribution < 1.29 is 14.3 Å². The highest BCUT2D eigenvalue weighted by atomic mass is 16.5. The number of methoxy groups -OCH3 is 1. The van der Waals surface area contributed by atoms with Gasteiger partial charge in [-0.1, -0.05) is 36.4 Å². The van der Waals surface area contributed by atoms with Crippen molar-refractivity contribution in [3.63, 3.8) is 0 Å². The Kier molecular flexibility index (Phi) is 4.37. The van der Waals surface area contributed by atoms with Gasteiger partial charge in [0.2, 0.25) is 5.91 Å². The highest BCUT2D eigenvalue weighted by molar-refractivity contribution is 5.87. The number of carbonyl (C=O) groups is 2. The molecule has 1 aromatic carbocycles. The van der Waals surface area contributed by atoms with E-state index in [-0.39, 0.29) is 24.3 Å². The van der Waals surface area contributed by atoms with Crippen LogP contribution in [0, 0.1) is 5.92 Å². The van der Waals surface area contributed by atoms with Crippen molar-refractivity contribution in [1.29, 1.82) is 0 Å². The third-order valence-corrected chi connectivity index (χ3v) is 4.09. The number of esters is 1. The van der Waals surface area contributed by atoms with E-state index in [1.54, 1.807) is 11.1 Å². The summed E-state index contributed by atoms with van der Waals surface area (Å²) in [5, 5.41) is 0. The molecule has 0 saturated carbocycles. The second-order valence-corrected chi connectivity index (χ2v) is 5.54. The maximum absolute atomic E-state index is 12.5. The van der Waals surface area contributed by atoms with Crippen LogP contribution in [0.5, 0.6) is 0 Å². The molecule has 0 N–H and O–H groups in total. The number of pyridine rings is 1. The lowest BCUT2D eigenvalue weighted by molar-refractivity contribution is -0.145. The number of ether oxygens (including phenoxy) is 1. The minimum Gasteiger partial charge on any atom is -0.469 e. The first kappa shape index (κ1) is 15.2. The molecule has 0 spiro atoms. The van der Waals surface area contributed by atoms with Gasteiger partial charge in [0, 0.05) is 19.2 Å². The predicted molar refractivity (Wildman–Crippen MR) is 84.4 cm³/mol. The van der Waals surface area contributed by atoms with Crippen LogP contribution in [0.3, 0.4) is 0 Å². The van der Waals surface area contributed by atoms with E-state index in [2.05, 4.69) is 4.98 Å². The second kappa shape index (κ2) is 6.60. The molecule has 2 aromatic rings. The summed E-state index contributed by atoms with van der Waals surface area (Å²) in [6.45, 7) is 0.349. The molecule has 0 aliphatic carbocycles. The number of benzene rings is 1. The monoisotopic (exact) mass is 310 g/mol. The normalized spacial score (nSPS) is 18.7. The SMILES string of the molecule is COC(=O)C1CC(=O)N(C(c2ccccc2)c2ccccn2)C1. The molecule has 1 aromatic heterocycles. The largest absolute Gasteiger partial charge is 0.469 e. The van der Waals surface area contributed by atoms with Gasteiger partial charge in [-0.3, -0.25) is 14.6 Å². The number of likely N-dealkylation sites (tertiary alicyclic amines) is 1. The van der Waals surface area contributed by atoms with Gasteiger partial charge < -0.3 is 9.64 Å². The van der Waals surface area contributed by atoms with Crippen LogP contribution in [0.1, 0.15) is 23.7 Å². The van der Waals surface area contributed by atoms with Crippen molar-refractivity contribution in [2.75, 3.05) is 13.7 Å². The molecule has 3 rings (SSSR count). The Balaban J connectivity index is 1.97. The van der Waals surface area contributed by atoms with Crippen molar-refractivity contribution in [3.8, 4) is 0 Å². The molecule has 2 unspecified atom stereocenters. The number of hydrogen-bond acceptors (Lipinski definition) is 4. The highest BCUT2D eigenvalue weighted by Crippen LogP contribution is 2.33. The molecule has 5 nitrogen and oxygen atoms in total. The third kappa shape index (κ3) is 3.08. The van der Waals surface area contributed by atoms with Crippen molar-refractivity contribution in [3.05, 3.63) is 66.0 Å². The Labute approximate surface area is 134 Å². The Morgan fingerprint density at radius 3 is 2.61 bits per heavy atom. The Bertz CT molecular complexity index is 648. The average Bonchev–Trinajstić information content (AvgIpc) is 2.98. The van der Waals surface area contributed by atoms with Gasteiger partial charge in [-0.25, -0.2) is 0 Å². The lowest BCUT2D eigenvalue weighted by atomic mass is 10.0. The summed E-state index contributed by atoms with van der Waals surface area (Å²) in [5.74, 6) is -0.809. The quantitative estimate of drug-likeness (QED) is 0.812. The molecule has 118 valence electrons. The van der Waals surface area contributed by atoms with E-state index in [0.717, 1.165) is 11.3 Å². The van der Waals surface area contributed by atoms with Crippen LogP contribution < -0.4 is 0 Å². The average molecular weight is 310 g/mol. The van der Waals surface area contributed by atoms with Crippen LogP contribution in [0.4, 0.5) is 0 Å². The van der Waals surface area contributed by atoms with Crippen LogP contribution in [0.2, 0.25) is 0 Å². The number of rotatable bonds is 4. The van der Waals surface area contributed by atoms with Gasteiger partial charge in [0.05, 0.1) is 24.8 Å². The van der Waals surface area contributed by atoms with Gasteiger partial charge >= 0.3 is 5.97 Å². The fourth-order valence-electron chi connectivity index (χ4n) is 2.99. The predicted octanol–water partition coefficient (Wildman–Crippen LogP) is 2.19. The number of aromatic nitrogens is 1. The van der Waals surface area contributed by atoms with Crippen molar-refractivity contribution >= 4 is 11.9 Å². The molecule has 1 aliphatic rings. The molecular weight excluding hydrogens is 292 g/mol. The maximum atomic E-state index is 12.5. The highest BCUT2D eigenvalue weighted by Gasteiger charge is 2.39. The molecule has 23 heavy (non-hydrogen) atoms. The van der Waals surface area contributed by atoms with Crippen LogP contribution >= 0.6 is 0 Å². The molecular formula is C18H18N2O3. The second-order valence-electron chi connectivity index (χ2n) is 5.54. The van der Waals surface area contributed by atoms with Gasteiger partial charge in [0.1, 0.15) is 0 Å². The van der Waals surface area contributed by atoms with Crippen LogP contribution in [0.25, 0.3) is 0 Å². The zero-order valence-electron chi connectivity index (χ0n) is 12.9. The summed E-state index contributed by atoms with van der Waals surface area (Å²) in [7, 11) is 1.35. The fraction of sp³-hybridized carbons (Fsp3) is 0.278. The van der Waals surface area contributed by atoms with E-state index in [9.17, 15) is 9.59 Å². The van der Waals surface area contributed by atoms with E-state index in [0.29, 0.717) is 6.54 Å². The van der Waals surface area contributed by atoms with E-state index < -0.39 is 5.92 Å². The summed E-state index contributed by atoms with van der Waals surface area (Å²) in [4.78, 5) is 30.4. The van der Waals surface area contributed by atoms with Crippen molar-refractivity contribution in [2.24, 2.45) is 5.92 Å². The van der Waals surface area contributed by atoms with E-state index in [1.807, 2.05) is 48.5 Å². The minimum atomic E-state index is -0.414. The number of amides is 1. The first-order valence-electron chi connectivity index (χ1n) is 7.54. The summed E-state index contributed by atoms with van der Waals surface area (Å²) in [6, 6.07) is 15.1. The molecule has 5 heteroatoms. The maximum Gasteiger partial charge on any atom is 0.310 e. The lowest BCUT2D eigenvalue weighted by Crippen LogP contribution is -2.32. The van der Waals surface area contributed by atoms with Gasteiger partial charge in [-0.15, -0.1) is 0 Å². The Morgan fingerprint density at radius 2 is 1.96 bits per heavy atom. The van der Waals surface area contributed by atoms with Crippen molar-refractivity contribution in [1.82, 2.24) is 9.88 Å². The minimum absolute atomic E-state index is 0.0556. The summed E-state index contributed by atoms with van der Waals surface area (Å²) in [5.41, 5.74) is 1.77. The van der Waals surface area contributed by atoms with Gasteiger partial charge in [0.25, 0.3) is 0 Å². The first-order valence-corrected chi connectivity index (χ1v) is 7.54. The fourth-order valence-corrected chi connectivity index (χ4v) is 2.99. The zero-order valence-corrected chi connectivity index (χ0v) is 12.9. The molecule has 0 bridgehead atoms. The standard InChI is InChI=1S/C18H18N2O3/c1-23-18(22)14-11-16(21)20(12-14)17(13-7-3-2-4-8-13)15-9-5-6-10-19-15/h2-10,14,17H,11-12H2,1H3. The van der Waals surface area contributed by atoms with E-state index in [4.69, 9.17) is 4.74 Å². The van der Waals surface area contributed by atoms with Gasteiger partial charge in [0.15, 0.2) is 0 Å². The Hall–Kier alpha value is -2.69. The van der Waals surface area contributed by atoms with E-state index >= 15 is 0 Å². The number of hydrogen-bond donors (Lipinski definition) is 0. The van der Waals surface area contributed by atoms with Gasteiger partial charge in [-0.2, -0.15) is 0 Å². The van der Waals surface area contributed by atoms with Crippen molar-refractivity contribution in [2.45, 2.75) is 12.5 Å². The molecule has 1 saturated heterocycles. The third-order valence-electron chi connectivity index (χ3n) is 4.09. The molecule has 0 radical (unpaired) electrons. The van der Waals surface area contributed by atoms with Gasteiger partial charge in [-0.05, 0) is 17.7 Å². The number of nitrogens with zero attached hydrogens (tertiary/aromatic N) is 2. The smallest absolute Gasteiger partial charge is 0.310 e. The molecule has 1 aliphatic heterocycles. The molecule has 1 amide bonds. The molecule has 2 atom stereocenters. The lowest BCUT2D eigenvalue weighted by Gasteiger charge is -2.28. The summed E-state index contributed by atoms with van der Waals surface area (Å²) >= 11 is 0. The van der Waals surface area contributed by atoms with Crippen LogP contribution in [-0.4, -0.2) is 35.4 Å². The summed E-state index contributed by atoms with van der Waals surface area (Å²) in [6.07, 6.45) is 1.90. The molecule has 2 heterocycles. The van der Waals surface area contributed by atoms with E-state index in [1.165, 1.54) is 7.11 Å². The Morgan fingerprint density at radius 1 is 1.22 bits per heavy atom.